The van der Waals surface area contributed by atoms with E-state index < -0.39 is 0 Å². The first-order valence-electron chi connectivity index (χ1n) is 23.5. The molecule has 0 aliphatic heterocycles. The number of carbonyl (C=O) groups is 2. The van der Waals surface area contributed by atoms with Gasteiger partial charge in [-0.2, -0.15) is 0 Å². The Kier molecular flexibility index (Phi) is 38.3. The zero-order valence-electron chi connectivity index (χ0n) is 36.5. The van der Waals surface area contributed by atoms with Crippen LogP contribution in [0.25, 0.3) is 0 Å². The van der Waals surface area contributed by atoms with E-state index in [-0.39, 0.29) is 30.1 Å². The average Bonchev–Trinajstić information content (AvgIpc) is 3.14. The summed E-state index contributed by atoms with van der Waals surface area (Å²) < 4.78 is 11.7. The zero-order chi connectivity index (χ0) is 39.1. The van der Waals surface area contributed by atoms with Crippen molar-refractivity contribution >= 4 is 11.9 Å². The molecular weight excluding hydrogens is 659 g/mol. The molecule has 0 aromatic rings. The van der Waals surface area contributed by atoms with Gasteiger partial charge in [0.15, 0.2) is 0 Å². The van der Waals surface area contributed by atoms with Crippen molar-refractivity contribution in [3.05, 3.63) is 0 Å². The third-order valence-electron chi connectivity index (χ3n) is 11.0. The SMILES string of the molecule is CCCCCCCCCC(=O)OCC(C)(C)CCCCCN(CCCO)CCCCCCCC(=O)OC(CCCCCCCC)CCCCCCCC. The number of aliphatic hydroxyl groups is 1. The van der Waals surface area contributed by atoms with Crippen molar-refractivity contribution in [2.45, 2.75) is 253 Å². The lowest BCUT2D eigenvalue weighted by molar-refractivity contribution is -0.150. The van der Waals surface area contributed by atoms with Crippen LogP contribution in [-0.2, 0) is 19.1 Å². The molecule has 0 radical (unpaired) electrons. The zero-order valence-corrected chi connectivity index (χ0v) is 36.5. The molecule has 6 heteroatoms. The van der Waals surface area contributed by atoms with E-state index in [2.05, 4.69) is 39.5 Å². The first kappa shape index (κ1) is 51.9. The van der Waals surface area contributed by atoms with Crippen molar-refractivity contribution in [2.75, 3.05) is 32.8 Å². The van der Waals surface area contributed by atoms with Gasteiger partial charge in [0.05, 0.1) is 6.61 Å². The van der Waals surface area contributed by atoms with Crippen LogP contribution in [0.1, 0.15) is 247 Å². The Morgan fingerprint density at radius 1 is 0.509 bits per heavy atom. The van der Waals surface area contributed by atoms with Crippen LogP contribution >= 0.6 is 0 Å². The van der Waals surface area contributed by atoms with E-state index in [0.29, 0.717) is 19.4 Å². The number of nitrogens with zero attached hydrogens (tertiary/aromatic N) is 1. The molecule has 0 spiro atoms. The summed E-state index contributed by atoms with van der Waals surface area (Å²) in [5.74, 6) is -0.0136. The normalized spacial score (nSPS) is 11.9. The molecule has 0 saturated carbocycles. The Morgan fingerprint density at radius 2 is 0.906 bits per heavy atom. The van der Waals surface area contributed by atoms with Crippen molar-refractivity contribution in [3.63, 3.8) is 0 Å². The number of carbonyl (C=O) groups excluding carboxylic acids is 2. The molecule has 0 aromatic carbocycles. The number of aliphatic hydroxyl groups excluding tert-OH is 1. The molecule has 6 nitrogen and oxygen atoms in total. The summed E-state index contributed by atoms with van der Waals surface area (Å²) in [6.45, 7) is 15.1. The minimum Gasteiger partial charge on any atom is -0.465 e. The Hall–Kier alpha value is -1.14. The van der Waals surface area contributed by atoms with Crippen LogP contribution in [0.3, 0.4) is 0 Å². The van der Waals surface area contributed by atoms with E-state index in [4.69, 9.17) is 9.47 Å². The summed E-state index contributed by atoms with van der Waals surface area (Å²) >= 11 is 0. The van der Waals surface area contributed by atoms with Crippen LogP contribution in [0.2, 0.25) is 0 Å². The van der Waals surface area contributed by atoms with Crippen molar-refractivity contribution in [1.29, 1.82) is 0 Å². The highest BCUT2D eigenvalue weighted by Gasteiger charge is 2.20. The summed E-state index contributed by atoms with van der Waals surface area (Å²) in [4.78, 5) is 27.5. The summed E-state index contributed by atoms with van der Waals surface area (Å²) in [5.41, 5.74) is 0.0198. The molecule has 316 valence electrons. The molecule has 0 aliphatic rings. The predicted molar refractivity (Wildman–Crippen MR) is 228 cm³/mol. The molecule has 53 heavy (non-hydrogen) atoms. The first-order chi connectivity index (χ1) is 25.8. The smallest absolute Gasteiger partial charge is 0.306 e. The third-order valence-corrected chi connectivity index (χ3v) is 11.0. The molecule has 0 amide bonds. The van der Waals surface area contributed by atoms with Crippen LogP contribution in [0, 0.1) is 5.41 Å². The van der Waals surface area contributed by atoms with Crippen LogP contribution in [-0.4, -0.2) is 60.9 Å². The van der Waals surface area contributed by atoms with Crippen molar-refractivity contribution < 1.29 is 24.2 Å². The number of rotatable bonds is 42. The van der Waals surface area contributed by atoms with Gasteiger partial charge in [-0.05, 0) is 82.7 Å². The van der Waals surface area contributed by atoms with E-state index >= 15 is 0 Å². The average molecular weight is 752 g/mol. The van der Waals surface area contributed by atoms with Gasteiger partial charge in [0.2, 0.25) is 0 Å². The third kappa shape index (κ3) is 37.6. The summed E-state index contributed by atoms with van der Waals surface area (Å²) in [7, 11) is 0. The van der Waals surface area contributed by atoms with Crippen molar-refractivity contribution in [2.24, 2.45) is 5.41 Å². The van der Waals surface area contributed by atoms with E-state index in [1.807, 2.05) is 0 Å². The number of ether oxygens (including phenoxy) is 2. The largest absolute Gasteiger partial charge is 0.465 e. The van der Waals surface area contributed by atoms with Gasteiger partial charge in [0.25, 0.3) is 0 Å². The van der Waals surface area contributed by atoms with Gasteiger partial charge in [-0.1, -0.05) is 169 Å². The second kappa shape index (κ2) is 39.1. The standard InChI is InChI=1S/C47H93NO5/c1-6-9-12-15-18-22-28-36-45(50)52-43-47(4,5)38-30-25-32-40-48(41-33-42-49)39-31-24-19-23-29-37-46(51)53-44(34-26-20-16-13-10-7-2)35-27-21-17-14-11-8-3/h44,49H,6-43H2,1-5H3. The van der Waals surface area contributed by atoms with Gasteiger partial charge in [-0.15, -0.1) is 0 Å². The molecule has 0 bridgehead atoms. The Balaban J connectivity index is 4.19. The van der Waals surface area contributed by atoms with Gasteiger partial charge in [-0.25, -0.2) is 0 Å². The Bertz CT molecular complexity index is 771. The number of unbranched alkanes of at least 4 members (excludes halogenated alkanes) is 22. The summed E-state index contributed by atoms with van der Waals surface area (Å²) in [5, 5.41) is 9.44. The number of hydrogen-bond donors (Lipinski definition) is 1. The second-order valence-corrected chi connectivity index (χ2v) is 17.2. The van der Waals surface area contributed by atoms with Crippen LogP contribution in [0.5, 0.6) is 0 Å². The molecule has 1 N–H and O–H groups in total. The maximum atomic E-state index is 12.7. The lowest BCUT2D eigenvalue weighted by atomic mass is 9.88. The molecule has 0 atom stereocenters. The number of esters is 2. The lowest BCUT2D eigenvalue weighted by Crippen LogP contribution is -2.28. The van der Waals surface area contributed by atoms with E-state index in [1.54, 1.807) is 0 Å². The monoisotopic (exact) mass is 752 g/mol. The van der Waals surface area contributed by atoms with Crippen LogP contribution in [0.15, 0.2) is 0 Å². The van der Waals surface area contributed by atoms with Gasteiger partial charge in [0.1, 0.15) is 6.10 Å². The lowest BCUT2D eigenvalue weighted by Gasteiger charge is -2.25. The van der Waals surface area contributed by atoms with Crippen LogP contribution in [0.4, 0.5) is 0 Å². The van der Waals surface area contributed by atoms with E-state index in [0.717, 1.165) is 77.4 Å². The second-order valence-electron chi connectivity index (χ2n) is 17.2. The summed E-state index contributed by atoms with van der Waals surface area (Å²) in [6, 6.07) is 0. The molecule has 0 saturated heterocycles. The highest BCUT2D eigenvalue weighted by molar-refractivity contribution is 5.69. The summed E-state index contributed by atoms with van der Waals surface area (Å²) in [6.07, 6.45) is 38.2. The molecule has 0 aliphatic carbocycles. The molecule has 0 fully saturated rings. The quantitative estimate of drug-likeness (QED) is 0.0494. The molecule has 0 heterocycles. The van der Waals surface area contributed by atoms with Gasteiger partial charge < -0.3 is 19.5 Å². The van der Waals surface area contributed by atoms with Crippen molar-refractivity contribution in [3.8, 4) is 0 Å². The minimum absolute atomic E-state index is 0.0188. The van der Waals surface area contributed by atoms with E-state index in [9.17, 15) is 14.7 Å². The predicted octanol–water partition coefficient (Wildman–Crippen LogP) is 13.7. The van der Waals surface area contributed by atoms with Gasteiger partial charge >= 0.3 is 11.9 Å². The highest BCUT2D eigenvalue weighted by Crippen LogP contribution is 2.25. The van der Waals surface area contributed by atoms with Gasteiger partial charge in [0, 0.05) is 26.0 Å². The molecular formula is C47H93NO5. The fraction of sp³-hybridized carbons (Fsp3) is 0.957. The minimum atomic E-state index is -0.0324. The molecule has 0 unspecified atom stereocenters. The highest BCUT2D eigenvalue weighted by atomic mass is 16.5. The maximum absolute atomic E-state index is 12.7. The van der Waals surface area contributed by atoms with Crippen molar-refractivity contribution in [1.82, 2.24) is 4.90 Å². The van der Waals surface area contributed by atoms with Crippen LogP contribution < -0.4 is 0 Å². The van der Waals surface area contributed by atoms with E-state index in [1.165, 1.54) is 141 Å². The Morgan fingerprint density at radius 3 is 1.40 bits per heavy atom. The molecule has 0 rings (SSSR count). The fourth-order valence-corrected chi connectivity index (χ4v) is 7.34. The fourth-order valence-electron chi connectivity index (χ4n) is 7.34. The maximum Gasteiger partial charge on any atom is 0.306 e. The Labute approximate surface area is 331 Å². The topological polar surface area (TPSA) is 76.1 Å². The molecule has 0 aromatic heterocycles. The van der Waals surface area contributed by atoms with Gasteiger partial charge in [-0.3, -0.25) is 9.59 Å². The first-order valence-corrected chi connectivity index (χ1v) is 23.5. The number of hydrogen-bond acceptors (Lipinski definition) is 6.